The minimum Gasteiger partial charge on any atom is -0.295 e. The fourth-order valence-electron chi connectivity index (χ4n) is 3.44. The van der Waals surface area contributed by atoms with E-state index in [1.807, 2.05) is 0 Å². The summed E-state index contributed by atoms with van der Waals surface area (Å²) in [6.07, 6.45) is 13.3. The SMILES string of the molecule is C(=C\C1CCCCC1)/CN1CCc2ccccc2C1. The van der Waals surface area contributed by atoms with Gasteiger partial charge >= 0.3 is 0 Å². The monoisotopic (exact) mass is 255 g/mol. The summed E-state index contributed by atoms with van der Waals surface area (Å²) in [6.45, 7) is 3.47. The van der Waals surface area contributed by atoms with Crippen LogP contribution in [0.3, 0.4) is 0 Å². The summed E-state index contributed by atoms with van der Waals surface area (Å²) in [7, 11) is 0. The molecule has 3 rings (SSSR count). The third kappa shape index (κ3) is 3.48. The highest BCUT2D eigenvalue weighted by molar-refractivity contribution is 5.29. The maximum Gasteiger partial charge on any atom is 0.0239 e. The van der Waals surface area contributed by atoms with E-state index in [1.54, 1.807) is 5.56 Å². The maximum atomic E-state index is 2.57. The Balaban J connectivity index is 1.50. The molecule has 0 saturated heterocycles. The van der Waals surface area contributed by atoms with Crippen LogP contribution >= 0.6 is 0 Å². The Kier molecular flexibility index (Phi) is 4.34. The molecule has 1 nitrogen and oxygen atoms in total. The Morgan fingerprint density at radius 3 is 2.68 bits per heavy atom. The molecule has 1 aliphatic carbocycles. The van der Waals surface area contributed by atoms with Crippen LogP contribution in [0, 0.1) is 5.92 Å². The number of rotatable bonds is 3. The lowest BCUT2D eigenvalue weighted by Crippen LogP contribution is -2.30. The van der Waals surface area contributed by atoms with E-state index in [4.69, 9.17) is 0 Å². The molecule has 2 aliphatic rings. The van der Waals surface area contributed by atoms with Crippen LogP contribution in [-0.2, 0) is 13.0 Å². The van der Waals surface area contributed by atoms with Crippen molar-refractivity contribution in [3.8, 4) is 0 Å². The molecule has 1 aliphatic heterocycles. The second-order valence-corrected chi connectivity index (χ2v) is 6.08. The molecule has 0 N–H and O–H groups in total. The highest BCUT2D eigenvalue weighted by Gasteiger charge is 2.14. The van der Waals surface area contributed by atoms with Gasteiger partial charge in [0.25, 0.3) is 0 Å². The third-order valence-electron chi connectivity index (χ3n) is 4.63. The van der Waals surface area contributed by atoms with E-state index in [2.05, 4.69) is 41.3 Å². The predicted octanol–water partition coefficient (Wildman–Crippen LogP) is 4.18. The van der Waals surface area contributed by atoms with Crippen molar-refractivity contribution in [1.82, 2.24) is 4.90 Å². The molecule has 1 saturated carbocycles. The average Bonchev–Trinajstić information content (AvgIpc) is 2.48. The molecule has 102 valence electrons. The smallest absolute Gasteiger partial charge is 0.0239 e. The summed E-state index contributed by atoms with van der Waals surface area (Å²) in [5, 5.41) is 0. The van der Waals surface area contributed by atoms with Crippen LogP contribution < -0.4 is 0 Å². The van der Waals surface area contributed by atoms with Crippen molar-refractivity contribution >= 4 is 0 Å². The molecule has 1 aromatic carbocycles. The largest absolute Gasteiger partial charge is 0.295 e. The lowest BCUT2D eigenvalue weighted by molar-refractivity contribution is 0.281. The zero-order valence-corrected chi connectivity index (χ0v) is 11.9. The zero-order valence-electron chi connectivity index (χ0n) is 11.9. The standard InChI is InChI=1S/C18H25N/c1-2-7-16(8-3-1)9-6-13-19-14-12-17-10-4-5-11-18(17)15-19/h4-6,9-11,16H,1-3,7-8,12-15H2/b9-6+. The topological polar surface area (TPSA) is 3.24 Å². The van der Waals surface area contributed by atoms with Crippen molar-refractivity contribution in [2.45, 2.75) is 45.1 Å². The fraction of sp³-hybridized carbons (Fsp3) is 0.556. The summed E-state index contributed by atoms with van der Waals surface area (Å²) in [6, 6.07) is 8.90. The highest BCUT2D eigenvalue weighted by Crippen LogP contribution is 2.24. The summed E-state index contributed by atoms with van der Waals surface area (Å²) >= 11 is 0. The second kappa shape index (κ2) is 6.38. The van der Waals surface area contributed by atoms with Gasteiger partial charge in [-0.3, -0.25) is 4.90 Å². The van der Waals surface area contributed by atoms with Gasteiger partial charge in [0, 0.05) is 19.6 Å². The van der Waals surface area contributed by atoms with Gasteiger partial charge in [0.2, 0.25) is 0 Å². The van der Waals surface area contributed by atoms with Crippen molar-refractivity contribution in [1.29, 1.82) is 0 Å². The molecule has 1 aromatic rings. The van der Waals surface area contributed by atoms with Gasteiger partial charge in [-0.05, 0) is 36.3 Å². The second-order valence-electron chi connectivity index (χ2n) is 6.08. The first-order chi connectivity index (χ1) is 9.42. The number of nitrogens with zero attached hydrogens (tertiary/aromatic N) is 1. The summed E-state index contributed by atoms with van der Waals surface area (Å²) in [5.41, 5.74) is 3.08. The molecule has 1 heterocycles. The zero-order chi connectivity index (χ0) is 12.9. The van der Waals surface area contributed by atoms with E-state index in [-0.39, 0.29) is 0 Å². The number of fused-ring (bicyclic) bond motifs is 1. The molecule has 0 unspecified atom stereocenters. The highest BCUT2D eigenvalue weighted by atomic mass is 15.1. The Labute approximate surface area is 117 Å². The third-order valence-corrected chi connectivity index (χ3v) is 4.63. The first-order valence-corrected chi connectivity index (χ1v) is 7.87. The van der Waals surface area contributed by atoms with Gasteiger partial charge in [-0.25, -0.2) is 0 Å². The van der Waals surface area contributed by atoms with Gasteiger partial charge in [-0.2, -0.15) is 0 Å². The molecule has 1 heteroatoms. The normalized spacial score (nSPS) is 21.7. The summed E-state index contributed by atoms with van der Waals surface area (Å²) in [5.74, 6) is 0.867. The lowest BCUT2D eigenvalue weighted by Gasteiger charge is -2.27. The van der Waals surface area contributed by atoms with Crippen molar-refractivity contribution in [3.05, 3.63) is 47.5 Å². The first-order valence-electron chi connectivity index (χ1n) is 7.87. The van der Waals surface area contributed by atoms with Crippen LogP contribution in [0.1, 0.15) is 43.2 Å². The van der Waals surface area contributed by atoms with Crippen LogP contribution in [-0.4, -0.2) is 18.0 Å². The number of benzene rings is 1. The molecule has 0 atom stereocenters. The van der Waals surface area contributed by atoms with E-state index in [0.717, 1.165) is 19.0 Å². The van der Waals surface area contributed by atoms with Gasteiger partial charge in [0.05, 0.1) is 0 Å². The van der Waals surface area contributed by atoms with Crippen molar-refractivity contribution in [2.24, 2.45) is 5.92 Å². The van der Waals surface area contributed by atoms with E-state index in [9.17, 15) is 0 Å². The molecule has 0 amide bonds. The van der Waals surface area contributed by atoms with Crippen LogP contribution in [0.25, 0.3) is 0 Å². The molecule has 1 fully saturated rings. The van der Waals surface area contributed by atoms with Crippen molar-refractivity contribution in [3.63, 3.8) is 0 Å². The molecule has 19 heavy (non-hydrogen) atoms. The minimum absolute atomic E-state index is 0.867. The average molecular weight is 255 g/mol. The molecule has 0 radical (unpaired) electrons. The summed E-state index contributed by atoms with van der Waals surface area (Å²) < 4.78 is 0. The lowest BCUT2D eigenvalue weighted by atomic mass is 9.89. The van der Waals surface area contributed by atoms with Crippen molar-refractivity contribution < 1.29 is 0 Å². The van der Waals surface area contributed by atoms with Gasteiger partial charge in [0.1, 0.15) is 0 Å². The Bertz CT molecular complexity index is 429. The fourth-order valence-corrected chi connectivity index (χ4v) is 3.44. The molecular weight excluding hydrogens is 230 g/mol. The van der Waals surface area contributed by atoms with Crippen LogP contribution in [0.4, 0.5) is 0 Å². The van der Waals surface area contributed by atoms with Crippen molar-refractivity contribution in [2.75, 3.05) is 13.1 Å². The Morgan fingerprint density at radius 1 is 1.05 bits per heavy atom. The molecule has 0 spiro atoms. The van der Waals surface area contributed by atoms with Crippen LogP contribution in [0.15, 0.2) is 36.4 Å². The quantitative estimate of drug-likeness (QED) is 0.732. The van der Waals surface area contributed by atoms with E-state index in [0.29, 0.717) is 0 Å². The van der Waals surface area contributed by atoms with Gasteiger partial charge < -0.3 is 0 Å². The minimum atomic E-state index is 0.867. The van der Waals surface area contributed by atoms with Gasteiger partial charge in [-0.15, -0.1) is 0 Å². The molecular formula is C18H25N. The number of hydrogen-bond donors (Lipinski definition) is 0. The predicted molar refractivity (Wildman–Crippen MR) is 81.1 cm³/mol. The number of allylic oxidation sites excluding steroid dienone is 1. The summed E-state index contributed by atoms with van der Waals surface area (Å²) in [4.78, 5) is 2.57. The Morgan fingerprint density at radius 2 is 1.84 bits per heavy atom. The first kappa shape index (κ1) is 12.9. The van der Waals surface area contributed by atoms with E-state index in [1.165, 1.54) is 50.6 Å². The molecule has 0 aromatic heterocycles. The van der Waals surface area contributed by atoms with Gasteiger partial charge in [-0.1, -0.05) is 55.7 Å². The van der Waals surface area contributed by atoms with E-state index < -0.39 is 0 Å². The van der Waals surface area contributed by atoms with Gasteiger partial charge in [0.15, 0.2) is 0 Å². The Hall–Kier alpha value is -1.08. The van der Waals surface area contributed by atoms with Crippen LogP contribution in [0.5, 0.6) is 0 Å². The van der Waals surface area contributed by atoms with Crippen LogP contribution in [0.2, 0.25) is 0 Å². The molecule has 0 bridgehead atoms. The van der Waals surface area contributed by atoms with E-state index >= 15 is 0 Å². The maximum absolute atomic E-state index is 2.57. The number of hydrogen-bond acceptors (Lipinski definition) is 1.